The van der Waals surface area contributed by atoms with Crippen LogP contribution in [-0.2, 0) is 19.7 Å². The molecule has 0 N–H and O–H groups in total. The summed E-state index contributed by atoms with van der Waals surface area (Å²) < 4.78 is 9.85. The first kappa shape index (κ1) is 12.9. The largest absolute Gasteiger partial charge is 0.495 e. The van der Waals surface area contributed by atoms with Gasteiger partial charge in [0.1, 0.15) is 16.9 Å². The molecule has 1 aliphatic rings. The van der Waals surface area contributed by atoms with E-state index < -0.39 is 11.4 Å². The van der Waals surface area contributed by atoms with E-state index in [-0.39, 0.29) is 18.6 Å². The number of hydrogen-bond donors (Lipinski definition) is 0. The van der Waals surface area contributed by atoms with Crippen molar-refractivity contribution in [1.29, 1.82) is 0 Å². The second kappa shape index (κ2) is 4.61. The smallest absolute Gasteiger partial charge is 0.317 e. The molecule has 1 aromatic carbocycles. The molecule has 5 heteroatoms. The molecular weight excluding hydrogens is 256 g/mol. The Morgan fingerprint density at radius 1 is 1.33 bits per heavy atom. The van der Waals surface area contributed by atoms with Crippen LogP contribution < -0.4 is 4.74 Å². The number of hydrogen-bond acceptors (Lipinski definition) is 4. The molecule has 1 fully saturated rings. The average molecular weight is 269 g/mol. The van der Waals surface area contributed by atoms with Gasteiger partial charge in [0.2, 0.25) is 0 Å². The Bertz CT molecular complexity index is 502. The molecule has 0 aliphatic heterocycles. The van der Waals surface area contributed by atoms with Gasteiger partial charge < -0.3 is 9.47 Å². The van der Waals surface area contributed by atoms with E-state index >= 15 is 0 Å². The van der Waals surface area contributed by atoms with Crippen LogP contribution in [0.15, 0.2) is 18.2 Å². The van der Waals surface area contributed by atoms with Gasteiger partial charge in [-0.2, -0.15) is 0 Å². The highest BCUT2D eigenvalue weighted by atomic mass is 35.5. The number of rotatable bonds is 3. The fraction of sp³-hybridized carbons (Fsp3) is 0.385. The molecule has 0 bridgehead atoms. The van der Waals surface area contributed by atoms with Crippen LogP contribution in [0.1, 0.15) is 18.4 Å². The first-order chi connectivity index (χ1) is 8.53. The fourth-order valence-corrected chi connectivity index (χ4v) is 2.50. The zero-order valence-electron chi connectivity index (χ0n) is 10.2. The zero-order valence-corrected chi connectivity index (χ0v) is 10.9. The molecule has 0 atom stereocenters. The Balaban J connectivity index is 2.41. The number of benzene rings is 1. The van der Waals surface area contributed by atoms with E-state index in [2.05, 4.69) is 0 Å². The summed E-state index contributed by atoms with van der Waals surface area (Å²) in [7, 11) is 2.84. The van der Waals surface area contributed by atoms with E-state index in [1.165, 1.54) is 14.2 Å². The summed E-state index contributed by atoms with van der Waals surface area (Å²) in [5.41, 5.74) is -0.179. The van der Waals surface area contributed by atoms with E-state index in [0.29, 0.717) is 16.3 Å². The third-order valence-corrected chi connectivity index (χ3v) is 3.57. The first-order valence-corrected chi connectivity index (χ1v) is 5.85. The van der Waals surface area contributed by atoms with Gasteiger partial charge in [-0.3, -0.25) is 9.59 Å². The molecule has 2 rings (SSSR count). The highest BCUT2D eigenvalue weighted by Crippen LogP contribution is 2.44. The van der Waals surface area contributed by atoms with E-state index in [1.807, 2.05) is 0 Å². The molecule has 0 saturated heterocycles. The molecule has 0 aromatic heterocycles. The standard InChI is InChI=1S/C13H13ClO4/c1-17-11-4-3-8(5-10(11)14)13(12(16)18-2)6-9(15)7-13/h3-5H,6-7H2,1-2H3. The monoisotopic (exact) mass is 268 g/mol. The van der Waals surface area contributed by atoms with Crippen LogP contribution in [0.2, 0.25) is 5.02 Å². The summed E-state index contributed by atoms with van der Waals surface area (Å²) in [6.45, 7) is 0. The van der Waals surface area contributed by atoms with Gasteiger partial charge in [0.05, 0.1) is 19.2 Å². The van der Waals surface area contributed by atoms with Crippen LogP contribution in [-0.4, -0.2) is 26.0 Å². The van der Waals surface area contributed by atoms with Gasteiger partial charge in [-0.05, 0) is 17.7 Å². The summed E-state index contributed by atoms with van der Waals surface area (Å²) in [6.07, 6.45) is 0.338. The minimum atomic E-state index is -0.873. The number of ether oxygens (including phenoxy) is 2. The summed E-state index contributed by atoms with van der Waals surface area (Å²) in [5.74, 6) is 0.182. The Kier molecular flexibility index (Phi) is 3.30. The number of methoxy groups -OCH3 is 2. The average Bonchev–Trinajstić information content (AvgIpc) is 2.33. The second-order valence-corrected chi connectivity index (χ2v) is 4.72. The molecule has 0 spiro atoms. The molecule has 0 unspecified atom stereocenters. The molecule has 1 aliphatic carbocycles. The highest BCUT2D eigenvalue weighted by Gasteiger charge is 2.52. The predicted molar refractivity (Wildman–Crippen MR) is 65.9 cm³/mol. The summed E-state index contributed by atoms with van der Waals surface area (Å²) in [4.78, 5) is 23.1. The lowest BCUT2D eigenvalue weighted by molar-refractivity contribution is -0.156. The van der Waals surface area contributed by atoms with Crippen LogP contribution in [0.25, 0.3) is 0 Å². The third kappa shape index (κ3) is 1.86. The van der Waals surface area contributed by atoms with Crippen LogP contribution >= 0.6 is 11.6 Å². The Morgan fingerprint density at radius 2 is 2.00 bits per heavy atom. The number of carbonyl (C=O) groups is 2. The molecule has 4 nitrogen and oxygen atoms in total. The third-order valence-electron chi connectivity index (χ3n) is 3.28. The van der Waals surface area contributed by atoms with Gasteiger partial charge in [0.15, 0.2) is 0 Å². The van der Waals surface area contributed by atoms with Crippen molar-refractivity contribution in [2.45, 2.75) is 18.3 Å². The number of Topliss-reactive ketones (excluding diaryl/α,β-unsaturated/α-hetero) is 1. The van der Waals surface area contributed by atoms with Crippen LogP contribution in [0, 0.1) is 0 Å². The van der Waals surface area contributed by atoms with Crippen molar-refractivity contribution in [2.24, 2.45) is 0 Å². The number of carbonyl (C=O) groups excluding carboxylic acids is 2. The normalized spacial score (nSPS) is 16.9. The highest BCUT2D eigenvalue weighted by molar-refractivity contribution is 6.32. The molecule has 18 heavy (non-hydrogen) atoms. The van der Waals surface area contributed by atoms with Crippen molar-refractivity contribution in [3.05, 3.63) is 28.8 Å². The SMILES string of the molecule is COC(=O)C1(c2ccc(OC)c(Cl)c2)CC(=O)C1. The number of esters is 1. The van der Waals surface area contributed by atoms with Crippen molar-refractivity contribution < 1.29 is 19.1 Å². The molecular formula is C13H13ClO4. The van der Waals surface area contributed by atoms with Crippen LogP contribution in [0.4, 0.5) is 0 Å². The molecule has 0 radical (unpaired) electrons. The minimum Gasteiger partial charge on any atom is -0.495 e. The van der Waals surface area contributed by atoms with Gasteiger partial charge >= 0.3 is 5.97 Å². The van der Waals surface area contributed by atoms with Gasteiger partial charge in [0.25, 0.3) is 0 Å². The summed E-state index contributed by atoms with van der Waals surface area (Å²) >= 11 is 6.04. The maximum absolute atomic E-state index is 11.9. The van der Waals surface area contributed by atoms with Crippen molar-refractivity contribution in [3.8, 4) is 5.75 Å². The Hall–Kier alpha value is -1.55. The van der Waals surface area contributed by atoms with Crippen molar-refractivity contribution >= 4 is 23.4 Å². The quantitative estimate of drug-likeness (QED) is 0.788. The van der Waals surface area contributed by atoms with E-state index in [1.54, 1.807) is 18.2 Å². The second-order valence-electron chi connectivity index (χ2n) is 4.32. The maximum atomic E-state index is 11.9. The first-order valence-electron chi connectivity index (χ1n) is 5.47. The van der Waals surface area contributed by atoms with Gasteiger partial charge in [-0.15, -0.1) is 0 Å². The van der Waals surface area contributed by atoms with E-state index in [4.69, 9.17) is 21.1 Å². The topological polar surface area (TPSA) is 52.6 Å². The zero-order chi connectivity index (χ0) is 13.3. The Labute approximate surface area is 110 Å². The number of ketones is 1. The van der Waals surface area contributed by atoms with Crippen molar-refractivity contribution in [3.63, 3.8) is 0 Å². The van der Waals surface area contributed by atoms with Gasteiger partial charge in [-0.25, -0.2) is 0 Å². The number of halogens is 1. The van der Waals surface area contributed by atoms with Crippen molar-refractivity contribution in [2.75, 3.05) is 14.2 Å². The molecule has 1 saturated carbocycles. The van der Waals surface area contributed by atoms with E-state index in [9.17, 15) is 9.59 Å². The van der Waals surface area contributed by atoms with E-state index in [0.717, 1.165) is 0 Å². The lowest BCUT2D eigenvalue weighted by Crippen LogP contribution is -2.48. The van der Waals surface area contributed by atoms with Crippen molar-refractivity contribution in [1.82, 2.24) is 0 Å². The van der Waals surface area contributed by atoms with Gasteiger partial charge in [0, 0.05) is 12.8 Å². The molecule has 1 aromatic rings. The minimum absolute atomic E-state index is 0.0485. The van der Waals surface area contributed by atoms with Crippen LogP contribution in [0.5, 0.6) is 5.75 Å². The maximum Gasteiger partial charge on any atom is 0.317 e. The van der Waals surface area contributed by atoms with Gasteiger partial charge in [-0.1, -0.05) is 17.7 Å². The fourth-order valence-electron chi connectivity index (χ4n) is 2.25. The lowest BCUT2D eigenvalue weighted by Gasteiger charge is -2.37. The Morgan fingerprint density at radius 3 is 2.44 bits per heavy atom. The lowest BCUT2D eigenvalue weighted by atomic mass is 9.63. The predicted octanol–water partition coefficient (Wildman–Crippen LogP) is 2.12. The van der Waals surface area contributed by atoms with Crippen LogP contribution in [0.3, 0.4) is 0 Å². The molecule has 96 valence electrons. The molecule has 0 heterocycles. The summed E-state index contributed by atoms with van der Waals surface area (Å²) in [6, 6.07) is 5.09. The summed E-state index contributed by atoms with van der Waals surface area (Å²) in [5, 5.41) is 0.414. The molecule has 0 amide bonds.